The van der Waals surface area contributed by atoms with Crippen LogP contribution in [0.1, 0.15) is 42.7 Å². The summed E-state index contributed by atoms with van der Waals surface area (Å²) in [7, 11) is 0. The molecule has 0 saturated carbocycles. The van der Waals surface area contributed by atoms with Gasteiger partial charge >= 0.3 is 0 Å². The first kappa shape index (κ1) is 14.3. The Labute approximate surface area is 127 Å². The smallest absolute Gasteiger partial charge is 0.0762 e. The Balaban J connectivity index is 1.59. The van der Waals surface area contributed by atoms with Crippen LogP contribution in [0.15, 0.2) is 30.5 Å². The molecule has 1 aliphatic rings. The van der Waals surface area contributed by atoms with Crippen LogP contribution in [0.3, 0.4) is 0 Å². The van der Waals surface area contributed by atoms with Crippen LogP contribution in [-0.2, 0) is 25.9 Å². The number of hydrogen-bond acceptors (Lipinski definition) is 2. The van der Waals surface area contributed by atoms with E-state index in [2.05, 4.69) is 54.7 Å². The van der Waals surface area contributed by atoms with Crippen molar-refractivity contribution < 1.29 is 0 Å². The number of aryl methyl sites for hydroxylation is 2. The Morgan fingerprint density at radius 2 is 2.05 bits per heavy atom. The normalized spacial score (nSPS) is 13.9. The lowest BCUT2D eigenvalue weighted by Crippen LogP contribution is -2.19. The van der Waals surface area contributed by atoms with Crippen LogP contribution in [0, 0.1) is 5.92 Å². The maximum atomic E-state index is 4.65. The van der Waals surface area contributed by atoms with E-state index in [1.165, 1.54) is 30.4 Å². The topological polar surface area (TPSA) is 29.9 Å². The number of nitrogens with zero attached hydrogens (tertiary/aromatic N) is 2. The first-order chi connectivity index (χ1) is 10.2. The molecule has 0 unspecified atom stereocenters. The largest absolute Gasteiger partial charge is 0.311 e. The maximum Gasteiger partial charge on any atom is 0.0762 e. The molecule has 1 aliphatic carbocycles. The summed E-state index contributed by atoms with van der Waals surface area (Å²) in [6.45, 7) is 7.21. The van der Waals surface area contributed by atoms with Gasteiger partial charge in [-0.15, -0.1) is 0 Å². The molecule has 0 aliphatic heterocycles. The predicted molar refractivity (Wildman–Crippen MR) is 86.3 cm³/mol. The first-order valence-electron chi connectivity index (χ1n) is 8.04. The SMILES string of the molecule is CC(C)CNCc1ccn(Cc2ccc3c(c2)CCC3)n1. The molecule has 2 aromatic rings. The van der Waals surface area contributed by atoms with Crippen molar-refractivity contribution in [2.24, 2.45) is 5.92 Å². The molecule has 0 radical (unpaired) electrons. The van der Waals surface area contributed by atoms with Gasteiger partial charge in [-0.2, -0.15) is 5.10 Å². The third-order valence-electron chi connectivity index (χ3n) is 4.06. The molecule has 0 spiro atoms. The summed E-state index contributed by atoms with van der Waals surface area (Å²) in [5.41, 5.74) is 5.56. The van der Waals surface area contributed by atoms with Crippen LogP contribution < -0.4 is 5.32 Å². The quantitative estimate of drug-likeness (QED) is 0.882. The Morgan fingerprint density at radius 1 is 1.19 bits per heavy atom. The van der Waals surface area contributed by atoms with Gasteiger partial charge in [0.25, 0.3) is 0 Å². The van der Waals surface area contributed by atoms with Gasteiger partial charge in [-0.1, -0.05) is 32.0 Å². The van der Waals surface area contributed by atoms with Crippen molar-refractivity contribution in [3.63, 3.8) is 0 Å². The number of fused-ring (bicyclic) bond motifs is 1. The lowest BCUT2D eigenvalue weighted by atomic mass is 10.1. The summed E-state index contributed by atoms with van der Waals surface area (Å²) in [5.74, 6) is 0.679. The average molecular weight is 283 g/mol. The van der Waals surface area contributed by atoms with E-state index in [-0.39, 0.29) is 0 Å². The third kappa shape index (κ3) is 3.73. The second-order valence-corrected chi connectivity index (χ2v) is 6.49. The summed E-state index contributed by atoms with van der Waals surface area (Å²) >= 11 is 0. The molecular formula is C18H25N3. The molecule has 3 rings (SSSR count). The van der Waals surface area contributed by atoms with Crippen LogP contribution in [0.4, 0.5) is 0 Å². The lowest BCUT2D eigenvalue weighted by molar-refractivity contribution is 0.543. The number of aromatic nitrogens is 2. The van der Waals surface area contributed by atoms with Crippen molar-refractivity contribution in [2.45, 2.75) is 46.2 Å². The number of hydrogen-bond donors (Lipinski definition) is 1. The van der Waals surface area contributed by atoms with Gasteiger partial charge in [0.05, 0.1) is 12.2 Å². The standard InChI is InChI=1S/C18H25N3/c1-14(2)11-19-12-18-8-9-21(20-18)13-15-6-7-16-4-3-5-17(16)10-15/h6-10,14,19H,3-5,11-13H2,1-2H3. The number of rotatable bonds is 6. The molecule has 21 heavy (non-hydrogen) atoms. The van der Waals surface area contributed by atoms with E-state index >= 15 is 0 Å². The van der Waals surface area contributed by atoms with Crippen molar-refractivity contribution in [3.8, 4) is 0 Å². The Bertz CT molecular complexity index is 598. The monoisotopic (exact) mass is 283 g/mol. The van der Waals surface area contributed by atoms with Crippen LogP contribution in [0.5, 0.6) is 0 Å². The highest BCUT2D eigenvalue weighted by Crippen LogP contribution is 2.23. The zero-order chi connectivity index (χ0) is 14.7. The van der Waals surface area contributed by atoms with E-state index in [9.17, 15) is 0 Å². The summed E-state index contributed by atoms with van der Waals surface area (Å²) in [4.78, 5) is 0. The molecule has 3 heteroatoms. The summed E-state index contributed by atoms with van der Waals surface area (Å²) < 4.78 is 2.04. The highest BCUT2D eigenvalue weighted by Gasteiger charge is 2.11. The Morgan fingerprint density at radius 3 is 2.90 bits per heavy atom. The first-order valence-corrected chi connectivity index (χ1v) is 8.04. The molecule has 0 amide bonds. The van der Waals surface area contributed by atoms with Gasteiger partial charge in [-0.3, -0.25) is 4.68 Å². The van der Waals surface area contributed by atoms with Gasteiger partial charge in [0.15, 0.2) is 0 Å². The highest BCUT2D eigenvalue weighted by atomic mass is 15.3. The second kappa shape index (κ2) is 6.44. The predicted octanol–water partition coefficient (Wildman–Crippen LogP) is 3.17. The fraction of sp³-hybridized carbons (Fsp3) is 0.500. The van der Waals surface area contributed by atoms with Gasteiger partial charge in [-0.25, -0.2) is 0 Å². The van der Waals surface area contributed by atoms with Crippen molar-refractivity contribution in [2.75, 3.05) is 6.54 Å². The molecule has 0 bridgehead atoms. The number of nitrogens with one attached hydrogen (secondary N) is 1. The lowest BCUT2D eigenvalue weighted by Gasteiger charge is -2.06. The fourth-order valence-electron chi connectivity index (χ4n) is 2.99. The van der Waals surface area contributed by atoms with Gasteiger partial charge in [-0.05, 0) is 54.5 Å². The van der Waals surface area contributed by atoms with Crippen LogP contribution in [0.25, 0.3) is 0 Å². The average Bonchev–Trinajstić information content (AvgIpc) is 3.07. The highest BCUT2D eigenvalue weighted by molar-refractivity contribution is 5.35. The fourth-order valence-corrected chi connectivity index (χ4v) is 2.99. The van der Waals surface area contributed by atoms with Crippen LogP contribution >= 0.6 is 0 Å². The van der Waals surface area contributed by atoms with E-state index in [0.717, 1.165) is 25.3 Å². The number of benzene rings is 1. The van der Waals surface area contributed by atoms with E-state index in [1.54, 1.807) is 5.56 Å². The molecule has 1 heterocycles. The van der Waals surface area contributed by atoms with E-state index < -0.39 is 0 Å². The molecule has 112 valence electrons. The maximum absolute atomic E-state index is 4.65. The van der Waals surface area contributed by atoms with E-state index in [0.29, 0.717) is 5.92 Å². The van der Waals surface area contributed by atoms with Crippen LogP contribution in [0.2, 0.25) is 0 Å². The third-order valence-corrected chi connectivity index (χ3v) is 4.06. The minimum absolute atomic E-state index is 0.679. The van der Waals surface area contributed by atoms with Gasteiger partial charge < -0.3 is 5.32 Å². The molecule has 0 saturated heterocycles. The van der Waals surface area contributed by atoms with Crippen molar-refractivity contribution >= 4 is 0 Å². The summed E-state index contributed by atoms with van der Waals surface area (Å²) in [5, 5.41) is 8.09. The summed E-state index contributed by atoms with van der Waals surface area (Å²) in [6.07, 6.45) is 5.89. The van der Waals surface area contributed by atoms with Gasteiger partial charge in [0, 0.05) is 12.7 Å². The van der Waals surface area contributed by atoms with Crippen molar-refractivity contribution in [1.82, 2.24) is 15.1 Å². The van der Waals surface area contributed by atoms with E-state index in [4.69, 9.17) is 0 Å². The van der Waals surface area contributed by atoms with Gasteiger partial charge in [0.2, 0.25) is 0 Å². The molecule has 0 fully saturated rings. The minimum atomic E-state index is 0.679. The molecule has 1 aromatic carbocycles. The zero-order valence-corrected chi connectivity index (χ0v) is 13.1. The van der Waals surface area contributed by atoms with Crippen LogP contribution in [-0.4, -0.2) is 16.3 Å². The van der Waals surface area contributed by atoms with Gasteiger partial charge in [0.1, 0.15) is 0 Å². The molecule has 0 atom stereocenters. The van der Waals surface area contributed by atoms with Crippen molar-refractivity contribution in [3.05, 3.63) is 52.8 Å². The molecule has 1 aromatic heterocycles. The molecule has 3 nitrogen and oxygen atoms in total. The molecular weight excluding hydrogens is 258 g/mol. The molecule has 1 N–H and O–H groups in total. The minimum Gasteiger partial charge on any atom is -0.311 e. The Kier molecular flexibility index (Phi) is 4.39. The van der Waals surface area contributed by atoms with E-state index in [1.807, 2.05) is 4.68 Å². The zero-order valence-electron chi connectivity index (χ0n) is 13.1. The Hall–Kier alpha value is -1.61. The second-order valence-electron chi connectivity index (χ2n) is 6.49. The van der Waals surface area contributed by atoms with Crippen molar-refractivity contribution in [1.29, 1.82) is 0 Å². The summed E-state index contributed by atoms with van der Waals surface area (Å²) in [6, 6.07) is 9.02.